The molecule has 1 N–H and O–H groups in total. The Labute approximate surface area is 154 Å². The van der Waals surface area contributed by atoms with Gasteiger partial charge < -0.3 is 5.32 Å². The van der Waals surface area contributed by atoms with Crippen molar-refractivity contribution < 1.29 is 4.79 Å². The lowest BCUT2D eigenvalue weighted by molar-refractivity contribution is -0.111. The second kappa shape index (κ2) is 8.95. The first kappa shape index (κ1) is 17.9. The number of aromatic nitrogens is 1. The zero-order valence-corrected chi connectivity index (χ0v) is 15.1. The summed E-state index contributed by atoms with van der Waals surface area (Å²) >= 11 is 0. The van der Waals surface area contributed by atoms with Crippen molar-refractivity contribution in [2.75, 3.05) is 5.32 Å². The standard InChI is InChI=1S/C23H24N2O/c1-2-3-4-7-18-10-12-19(13-11-18)14-15-23(26)25-21-16-20-8-5-6-9-22(20)24-17-21/h5-6,8-17H,2-4,7H2,1H3,(H,25,26). The lowest BCUT2D eigenvalue weighted by atomic mass is 10.1. The van der Waals surface area contributed by atoms with Crippen molar-refractivity contribution in [2.45, 2.75) is 32.6 Å². The molecule has 1 amide bonds. The summed E-state index contributed by atoms with van der Waals surface area (Å²) in [5.41, 5.74) is 3.99. The molecule has 0 aliphatic rings. The van der Waals surface area contributed by atoms with Crippen LogP contribution in [0.3, 0.4) is 0 Å². The number of unbranched alkanes of at least 4 members (excludes halogenated alkanes) is 2. The molecule has 0 atom stereocenters. The fraction of sp³-hybridized carbons (Fsp3) is 0.217. The van der Waals surface area contributed by atoms with Gasteiger partial charge in [-0.3, -0.25) is 9.78 Å². The molecule has 3 rings (SSSR count). The number of para-hydroxylation sites is 1. The maximum Gasteiger partial charge on any atom is 0.248 e. The van der Waals surface area contributed by atoms with Gasteiger partial charge in [0, 0.05) is 11.5 Å². The quantitative estimate of drug-likeness (QED) is 0.446. The number of hydrogen-bond donors (Lipinski definition) is 1. The predicted molar refractivity (Wildman–Crippen MR) is 109 cm³/mol. The number of nitrogens with one attached hydrogen (secondary N) is 1. The van der Waals surface area contributed by atoms with Gasteiger partial charge in [0.1, 0.15) is 0 Å². The van der Waals surface area contributed by atoms with E-state index in [0.29, 0.717) is 5.69 Å². The molecule has 0 fully saturated rings. The van der Waals surface area contributed by atoms with Crippen molar-refractivity contribution in [3.05, 3.63) is 78.0 Å². The van der Waals surface area contributed by atoms with Crippen molar-refractivity contribution in [1.82, 2.24) is 4.98 Å². The van der Waals surface area contributed by atoms with E-state index < -0.39 is 0 Å². The van der Waals surface area contributed by atoms with E-state index in [1.807, 2.05) is 36.4 Å². The average Bonchev–Trinajstić information content (AvgIpc) is 2.67. The molecule has 0 radical (unpaired) electrons. The lowest BCUT2D eigenvalue weighted by Crippen LogP contribution is -2.07. The molecular weight excluding hydrogens is 320 g/mol. The number of amides is 1. The minimum Gasteiger partial charge on any atom is -0.321 e. The molecule has 0 bridgehead atoms. The number of pyridine rings is 1. The van der Waals surface area contributed by atoms with Gasteiger partial charge in [0.25, 0.3) is 0 Å². The van der Waals surface area contributed by atoms with Gasteiger partial charge in [-0.1, -0.05) is 62.2 Å². The summed E-state index contributed by atoms with van der Waals surface area (Å²) in [6.07, 6.45) is 9.93. The van der Waals surface area contributed by atoms with Gasteiger partial charge in [0.2, 0.25) is 5.91 Å². The van der Waals surface area contributed by atoms with Crippen LogP contribution in [0.4, 0.5) is 5.69 Å². The number of benzene rings is 2. The Kier molecular flexibility index (Phi) is 6.15. The minimum atomic E-state index is -0.158. The molecule has 3 nitrogen and oxygen atoms in total. The Morgan fingerprint density at radius 3 is 2.69 bits per heavy atom. The van der Waals surface area contributed by atoms with E-state index in [-0.39, 0.29) is 5.91 Å². The zero-order chi connectivity index (χ0) is 18.2. The van der Waals surface area contributed by atoms with Crippen molar-refractivity contribution >= 4 is 28.6 Å². The number of hydrogen-bond acceptors (Lipinski definition) is 2. The molecule has 0 saturated carbocycles. The molecule has 3 heteroatoms. The SMILES string of the molecule is CCCCCc1ccc(C=CC(=O)Nc2cnc3ccccc3c2)cc1. The molecule has 1 aromatic heterocycles. The lowest BCUT2D eigenvalue weighted by Gasteiger charge is -2.04. The van der Waals surface area contributed by atoms with Gasteiger partial charge >= 0.3 is 0 Å². The van der Waals surface area contributed by atoms with E-state index in [0.717, 1.165) is 22.9 Å². The molecule has 0 aliphatic heterocycles. The van der Waals surface area contributed by atoms with E-state index in [9.17, 15) is 4.79 Å². The van der Waals surface area contributed by atoms with Crippen LogP contribution in [0.2, 0.25) is 0 Å². The predicted octanol–water partition coefficient (Wildman–Crippen LogP) is 5.62. The van der Waals surface area contributed by atoms with Crippen LogP contribution in [0.1, 0.15) is 37.3 Å². The summed E-state index contributed by atoms with van der Waals surface area (Å²) in [7, 11) is 0. The molecule has 132 valence electrons. The molecule has 0 unspecified atom stereocenters. The van der Waals surface area contributed by atoms with Crippen LogP contribution in [0.5, 0.6) is 0 Å². The highest BCUT2D eigenvalue weighted by molar-refractivity contribution is 6.02. The van der Waals surface area contributed by atoms with E-state index in [1.54, 1.807) is 12.3 Å². The van der Waals surface area contributed by atoms with Gasteiger partial charge in [-0.15, -0.1) is 0 Å². The maximum atomic E-state index is 12.1. The summed E-state index contributed by atoms with van der Waals surface area (Å²) in [6.45, 7) is 2.22. The molecule has 3 aromatic rings. The Balaban J connectivity index is 1.58. The zero-order valence-electron chi connectivity index (χ0n) is 15.1. The summed E-state index contributed by atoms with van der Waals surface area (Å²) in [4.78, 5) is 16.5. The van der Waals surface area contributed by atoms with Crippen molar-refractivity contribution in [1.29, 1.82) is 0 Å². The van der Waals surface area contributed by atoms with Crippen LogP contribution >= 0.6 is 0 Å². The number of rotatable bonds is 7. The Bertz CT molecular complexity index is 897. The third-order valence-electron chi connectivity index (χ3n) is 4.33. The smallest absolute Gasteiger partial charge is 0.248 e. The Morgan fingerprint density at radius 2 is 1.88 bits per heavy atom. The van der Waals surface area contributed by atoms with Gasteiger partial charge in [-0.25, -0.2) is 0 Å². The molecule has 2 aromatic carbocycles. The average molecular weight is 344 g/mol. The molecule has 0 aliphatic carbocycles. The summed E-state index contributed by atoms with van der Waals surface area (Å²) in [6, 6.07) is 18.2. The molecule has 1 heterocycles. The first-order valence-electron chi connectivity index (χ1n) is 9.17. The normalized spacial score (nSPS) is 11.1. The summed E-state index contributed by atoms with van der Waals surface area (Å²) in [5.74, 6) is -0.158. The maximum absolute atomic E-state index is 12.1. The molecule has 0 spiro atoms. The topological polar surface area (TPSA) is 42.0 Å². The number of carbonyl (C=O) groups is 1. The molecular formula is C23H24N2O. The first-order chi connectivity index (χ1) is 12.7. The number of aryl methyl sites for hydroxylation is 1. The number of nitrogens with zero attached hydrogens (tertiary/aromatic N) is 1. The Hall–Kier alpha value is -2.94. The van der Waals surface area contributed by atoms with Crippen molar-refractivity contribution in [3.8, 4) is 0 Å². The highest BCUT2D eigenvalue weighted by atomic mass is 16.1. The van der Waals surface area contributed by atoms with Crippen LogP contribution in [0.15, 0.2) is 66.9 Å². The van der Waals surface area contributed by atoms with Crippen LogP contribution in [0.25, 0.3) is 17.0 Å². The van der Waals surface area contributed by atoms with Gasteiger partial charge in [0.05, 0.1) is 17.4 Å². The molecule has 26 heavy (non-hydrogen) atoms. The van der Waals surface area contributed by atoms with Crippen LogP contribution < -0.4 is 5.32 Å². The second-order valence-corrected chi connectivity index (χ2v) is 6.44. The summed E-state index contributed by atoms with van der Waals surface area (Å²) in [5, 5.41) is 3.87. The minimum absolute atomic E-state index is 0.158. The van der Waals surface area contributed by atoms with E-state index in [4.69, 9.17) is 0 Å². The number of anilines is 1. The van der Waals surface area contributed by atoms with Crippen LogP contribution in [0, 0.1) is 0 Å². The number of carbonyl (C=O) groups excluding carboxylic acids is 1. The van der Waals surface area contributed by atoms with Crippen molar-refractivity contribution in [3.63, 3.8) is 0 Å². The van der Waals surface area contributed by atoms with Crippen molar-refractivity contribution in [2.24, 2.45) is 0 Å². The fourth-order valence-corrected chi connectivity index (χ4v) is 2.87. The van der Waals surface area contributed by atoms with E-state index in [2.05, 4.69) is 41.5 Å². The monoisotopic (exact) mass is 344 g/mol. The first-order valence-corrected chi connectivity index (χ1v) is 9.17. The highest BCUT2D eigenvalue weighted by Crippen LogP contribution is 2.16. The highest BCUT2D eigenvalue weighted by Gasteiger charge is 2.01. The fourth-order valence-electron chi connectivity index (χ4n) is 2.87. The number of fused-ring (bicyclic) bond motifs is 1. The molecule has 0 saturated heterocycles. The van der Waals surface area contributed by atoms with Crippen LogP contribution in [-0.4, -0.2) is 10.9 Å². The van der Waals surface area contributed by atoms with E-state index >= 15 is 0 Å². The van der Waals surface area contributed by atoms with E-state index in [1.165, 1.54) is 24.8 Å². The third-order valence-corrected chi connectivity index (χ3v) is 4.33. The van der Waals surface area contributed by atoms with Crippen LogP contribution in [-0.2, 0) is 11.2 Å². The van der Waals surface area contributed by atoms with Gasteiger partial charge in [0.15, 0.2) is 0 Å². The van der Waals surface area contributed by atoms with Gasteiger partial charge in [-0.05, 0) is 42.2 Å². The second-order valence-electron chi connectivity index (χ2n) is 6.44. The Morgan fingerprint density at radius 1 is 1.08 bits per heavy atom. The van der Waals surface area contributed by atoms with Gasteiger partial charge in [-0.2, -0.15) is 0 Å². The largest absolute Gasteiger partial charge is 0.321 e. The summed E-state index contributed by atoms with van der Waals surface area (Å²) < 4.78 is 0. The third kappa shape index (κ3) is 5.03.